The lowest BCUT2D eigenvalue weighted by Crippen LogP contribution is -2.09. The van der Waals surface area contributed by atoms with Crippen molar-refractivity contribution in [1.29, 1.82) is 0 Å². The topological polar surface area (TPSA) is 87.9 Å². The Morgan fingerprint density at radius 1 is 1.29 bits per heavy atom. The van der Waals surface area contributed by atoms with E-state index in [0.29, 0.717) is 12.8 Å². The molecule has 0 fully saturated rings. The van der Waals surface area contributed by atoms with E-state index in [1.54, 1.807) is 0 Å². The molecule has 14 heavy (non-hydrogen) atoms. The third-order valence-corrected chi connectivity index (χ3v) is 1.18. The van der Waals surface area contributed by atoms with Gasteiger partial charge in [-0.3, -0.25) is 0 Å². The zero-order chi connectivity index (χ0) is 10.8. The van der Waals surface area contributed by atoms with Gasteiger partial charge < -0.3 is 14.3 Å². The molecule has 0 atom stereocenters. The molecule has 7 heteroatoms. The molecule has 0 rings (SSSR count). The molecule has 0 aromatic heterocycles. The normalized spacial score (nSPS) is 9.21. The Hall–Kier alpha value is -1.53. The number of ether oxygens (including phenoxy) is 2. The summed E-state index contributed by atoms with van der Waals surface area (Å²) in [4.78, 5) is 24.3. The lowest BCUT2D eigenvalue weighted by Gasteiger charge is -2.03. The highest BCUT2D eigenvalue weighted by molar-refractivity contribution is 5.59. The van der Waals surface area contributed by atoms with Crippen LogP contribution in [0.4, 0.5) is 4.79 Å². The lowest BCUT2D eigenvalue weighted by molar-refractivity contribution is -0.757. The summed E-state index contributed by atoms with van der Waals surface area (Å²) in [5, 5.41) is 8.83. The average molecular weight is 206 g/mol. The minimum atomic E-state index is -0.863. The van der Waals surface area contributed by atoms with E-state index in [2.05, 4.69) is 21.2 Å². The summed E-state index contributed by atoms with van der Waals surface area (Å²) in [5.74, 6) is 0. The number of unbranched alkanes of at least 4 members (excludes halogenated alkanes) is 1. The minimum absolute atomic E-state index is 0.000735. The van der Waals surface area contributed by atoms with E-state index in [1.807, 2.05) is 0 Å². The van der Waals surface area contributed by atoms with E-state index in [4.69, 9.17) is 0 Å². The summed E-state index contributed by atoms with van der Waals surface area (Å²) < 4.78 is 8.94. The van der Waals surface area contributed by atoms with E-state index in [0.717, 1.165) is 0 Å². The maximum atomic E-state index is 10.6. The predicted octanol–water partition coefficient (Wildman–Crippen LogP) is 0.962. The average Bonchev–Trinajstić information content (AvgIpc) is 2.11. The van der Waals surface area contributed by atoms with Crippen molar-refractivity contribution in [2.45, 2.75) is 12.8 Å². The highest BCUT2D eigenvalue weighted by atomic mass is 16.9. The van der Waals surface area contributed by atoms with Crippen LogP contribution < -0.4 is 0 Å². The van der Waals surface area contributed by atoms with Crippen LogP contribution in [0, 0.1) is 17.0 Å². The monoisotopic (exact) mass is 206 g/mol. The fraction of sp³-hybridized carbons (Fsp3) is 0.714. The first-order valence-corrected chi connectivity index (χ1v) is 4.03. The number of carbonyl (C=O) groups is 1. The van der Waals surface area contributed by atoms with E-state index < -0.39 is 11.2 Å². The second-order valence-electron chi connectivity index (χ2n) is 2.21. The molecule has 0 bridgehead atoms. The SMILES string of the molecule is [CH2]COC(=O)OCCCCO[N+](=O)[O-]. The molecule has 0 unspecified atom stereocenters. The standard InChI is InChI=1S/C7H12NO6/c1-2-12-7(9)13-5-3-4-6-14-8(10)11/h1-6H2. The molecule has 0 amide bonds. The van der Waals surface area contributed by atoms with Crippen LogP contribution >= 0.6 is 0 Å². The summed E-state index contributed by atoms with van der Waals surface area (Å²) in [6.07, 6.45) is 0.147. The molecule has 0 heterocycles. The number of nitrogens with zero attached hydrogens (tertiary/aromatic N) is 1. The largest absolute Gasteiger partial charge is 0.508 e. The van der Waals surface area contributed by atoms with Crippen LogP contribution in [-0.2, 0) is 14.3 Å². The van der Waals surface area contributed by atoms with Gasteiger partial charge >= 0.3 is 6.16 Å². The summed E-state index contributed by atoms with van der Waals surface area (Å²) in [6.45, 7) is 3.46. The number of hydrogen-bond donors (Lipinski definition) is 0. The Bertz CT molecular complexity index is 183. The van der Waals surface area contributed by atoms with Gasteiger partial charge in [-0.15, -0.1) is 10.1 Å². The van der Waals surface area contributed by atoms with Gasteiger partial charge in [0.15, 0.2) is 0 Å². The van der Waals surface area contributed by atoms with Crippen molar-refractivity contribution in [3.8, 4) is 0 Å². The second-order valence-corrected chi connectivity index (χ2v) is 2.21. The van der Waals surface area contributed by atoms with Gasteiger partial charge in [0, 0.05) is 0 Å². The highest BCUT2D eigenvalue weighted by Gasteiger charge is 2.01. The predicted molar refractivity (Wildman–Crippen MR) is 44.8 cm³/mol. The molecule has 7 nitrogen and oxygen atoms in total. The Kier molecular flexibility index (Phi) is 7.20. The Labute approximate surface area is 81.0 Å². The number of rotatable bonds is 7. The van der Waals surface area contributed by atoms with Crippen LogP contribution in [0.1, 0.15) is 12.8 Å². The Balaban J connectivity index is 3.13. The molecular weight excluding hydrogens is 194 g/mol. The van der Waals surface area contributed by atoms with Gasteiger partial charge in [0.2, 0.25) is 0 Å². The van der Waals surface area contributed by atoms with Crippen molar-refractivity contribution in [2.75, 3.05) is 19.8 Å². The zero-order valence-electron chi connectivity index (χ0n) is 7.64. The fourth-order valence-corrected chi connectivity index (χ4v) is 0.624. The summed E-state index contributed by atoms with van der Waals surface area (Å²) in [7, 11) is 0. The Morgan fingerprint density at radius 2 is 1.93 bits per heavy atom. The van der Waals surface area contributed by atoms with E-state index in [9.17, 15) is 14.9 Å². The molecule has 81 valence electrons. The molecule has 0 aromatic rings. The van der Waals surface area contributed by atoms with E-state index in [-0.39, 0.29) is 19.8 Å². The van der Waals surface area contributed by atoms with Crippen molar-refractivity contribution in [1.82, 2.24) is 0 Å². The minimum Gasteiger partial charge on any atom is -0.434 e. The molecule has 0 saturated heterocycles. The molecule has 0 aromatic carbocycles. The van der Waals surface area contributed by atoms with Crippen molar-refractivity contribution >= 4 is 6.16 Å². The van der Waals surface area contributed by atoms with Crippen molar-refractivity contribution < 1.29 is 24.2 Å². The van der Waals surface area contributed by atoms with Crippen LogP contribution in [0.2, 0.25) is 0 Å². The molecule has 0 saturated carbocycles. The number of hydrogen-bond acceptors (Lipinski definition) is 6. The van der Waals surface area contributed by atoms with Gasteiger partial charge in [0.25, 0.3) is 5.09 Å². The molecule has 0 aliphatic carbocycles. The van der Waals surface area contributed by atoms with Gasteiger partial charge in [-0.2, -0.15) is 0 Å². The smallest absolute Gasteiger partial charge is 0.434 e. The molecule has 0 aliphatic heterocycles. The van der Waals surface area contributed by atoms with Crippen molar-refractivity contribution in [2.24, 2.45) is 0 Å². The molecule has 0 aliphatic rings. The van der Waals surface area contributed by atoms with Crippen LogP contribution in [0.25, 0.3) is 0 Å². The Morgan fingerprint density at radius 3 is 2.50 bits per heavy atom. The van der Waals surface area contributed by atoms with Crippen molar-refractivity contribution in [3.63, 3.8) is 0 Å². The van der Waals surface area contributed by atoms with E-state index in [1.165, 1.54) is 0 Å². The van der Waals surface area contributed by atoms with Crippen molar-refractivity contribution in [3.05, 3.63) is 17.0 Å². The lowest BCUT2D eigenvalue weighted by atomic mass is 10.3. The summed E-state index contributed by atoms with van der Waals surface area (Å²) in [5.41, 5.74) is 0. The maximum Gasteiger partial charge on any atom is 0.508 e. The zero-order valence-corrected chi connectivity index (χ0v) is 7.64. The van der Waals surface area contributed by atoms with Gasteiger partial charge in [-0.25, -0.2) is 4.79 Å². The first-order valence-electron chi connectivity index (χ1n) is 4.03. The molecule has 0 spiro atoms. The van der Waals surface area contributed by atoms with Crippen LogP contribution in [0.5, 0.6) is 0 Å². The molecule has 1 radical (unpaired) electrons. The third-order valence-electron chi connectivity index (χ3n) is 1.18. The number of carbonyl (C=O) groups excluding carboxylic acids is 1. The second kappa shape index (κ2) is 8.09. The molecule has 0 N–H and O–H groups in total. The van der Waals surface area contributed by atoms with Gasteiger partial charge in [0.1, 0.15) is 0 Å². The maximum absolute atomic E-state index is 10.6. The van der Waals surface area contributed by atoms with Crippen LogP contribution in [-0.4, -0.2) is 31.1 Å². The quantitative estimate of drug-likeness (QED) is 0.267. The summed E-state index contributed by atoms with van der Waals surface area (Å²) in [6, 6.07) is 0. The first kappa shape index (κ1) is 12.5. The van der Waals surface area contributed by atoms with Gasteiger partial charge in [-0.05, 0) is 19.8 Å². The summed E-state index contributed by atoms with van der Waals surface area (Å²) >= 11 is 0. The first-order chi connectivity index (χ1) is 6.66. The van der Waals surface area contributed by atoms with Crippen LogP contribution in [0.15, 0.2) is 0 Å². The molecular formula is C7H12NO6. The fourth-order valence-electron chi connectivity index (χ4n) is 0.624. The van der Waals surface area contributed by atoms with Crippen LogP contribution in [0.3, 0.4) is 0 Å². The van der Waals surface area contributed by atoms with E-state index >= 15 is 0 Å². The third kappa shape index (κ3) is 8.57. The highest BCUT2D eigenvalue weighted by Crippen LogP contribution is 1.93. The van der Waals surface area contributed by atoms with Gasteiger partial charge in [-0.1, -0.05) is 0 Å². The van der Waals surface area contributed by atoms with Gasteiger partial charge in [0.05, 0.1) is 19.8 Å².